The van der Waals surface area contributed by atoms with Gasteiger partial charge in [0.15, 0.2) is 0 Å². The molecule has 2 N–H and O–H groups in total. The van der Waals surface area contributed by atoms with Crippen LogP contribution in [0.3, 0.4) is 0 Å². The smallest absolute Gasteiger partial charge is 0.119 e. The molecule has 1 atom stereocenters. The zero-order valence-electron chi connectivity index (χ0n) is 8.30. The van der Waals surface area contributed by atoms with Gasteiger partial charge >= 0.3 is 0 Å². The summed E-state index contributed by atoms with van der Waals surface area (Å²) in [5.74, 6) is 0. The van der Waals surface area contributed by atoms with E-state index >= 15 is 0 Å². The fourth-order valence-electron chi connectivity index (χ4n) is 2.29. The van der Waals surface area contributed by atoms with Gasteiger partial charge in [0.05, 0.1) is 6.04 Å². The Bertz CT molecular complexity index is 475. The lowest BCUT2D eigenvalue weighted by Gasteiger charge is -2.12. The first kappa shape index (κ1) is 8.47. The summed E-state index contributed by atoms with van der Waals surface area (Å²) < 4.78 is 2.06. The SMILES string of the molecule is Nc1ccc2c(c1)CCC2n1cnnc1. The Morgan fingerprint density at radius 1 is 1.27 bits per heavy atom. The maximum absolute atomic E-state index is 5.76. The van der Waals surface area contributed by atoms with Crippen LogP contribution in [0.2, 0.25) is 0 Å². The molecule has 3 rings (SSSR count). The van der Waals surface area contributed by atoms with Crippen LogP contribution in [0.25, 0.3) is 0 Å². The van der Waals surface area contributed by atoms with Crippen molar-refractivity contribution in [3.05, 3.63) is 42.0 Å². The highest BCUT2D eigenvalue weighted by atomic mass is 15.2. The standard InChI is InChI=1S/C11H12N4/c12-9-2-3-10-8(5-9)1-4-11(10)15-6-13-14-7-15/h2-3,5-7,11H,1,4,12H2. The Balaban J connectivity index is 2.05. The number of benzene rings is 1. The third-order valence-corrected chi connectivity index (χ3v) is 3.01. The van der Waals surface area contributed by atoms with Crippen molar-refractivity contribution in [2.24, 2.45) is 0 Å². The molecular weight excluding hydrogens is 188 g/mol. The van der Waals surface area contributed by atoms with E-state index in [4.69, 9.17) is 5.73 Å². The minimum absolute atomic E-state index is 0.385. The van der Waals surface area contributed by atoms with Gasteiger partial charge in [0, 0.05) is 5.69 Å². The fraction of sp³-hybridized carbons (Fsp3) is 0.273. The first-order valence-electron chi connectivity index (χ1n) is 5.07. The average molecular weight is 200 g/mol. The summed E-state index contributed by atoms with van der Waals surface area (Å²) in [6.07, 6.45) is 5.74. The predicted molar refractivity (Wildman–Crippen MR) is 57.3 cm³/mol. The molecule has 0 fully saturated rings. The van der Waals surface area contributed by atoms with E-state index in [1.165, 1.54) is 11.1 Å². The topological polar surface area (TPSA) is 56.7 Å². The molecule has 0 saturated carbocycles. The second kappa shape index (κ2) is 3.08. The molecule has 0 bridgehead atoms. The number of anilines is 1. The number of hydrogen-bond acceptors (Lipinski definition) is 3. The van der Waals surface area contributed by atoms with Crippen molar-refractivity contribution in [2.45, 2.75) is 18.9 Å². The second-order valence-corrected chi connectivity index (χ2v) is 3.92. The van der Waals surface area contributed by atoms with E-state index in [9.17, 15) is 0 Å². The molecule has 1 aromatic heterocycles. The summed E-state index contributed by atoms with van der Waals surface area (Å²) in [7, 11) is 0. The van der Waals surface area contributed by atoms with Crippen molar-refractivity contribution in [3.8, 4) is 0 Å². The molecule has 76 valence electrons. The van der Waals surface area contributed by atoms with Crippen LogP contribution in [-0.2, 0) is 6.42 Å². The summed E-state index contributed by atoms with van der Waals surface area (Å²) >= 11 is 0. The molecule has 0 amide bonds. The lowest BCUT2D eigenvalue weighted by atomic mass is 10.1. The van der Waals surface area contributed by atoms with Gasteiger partial charge in [0.2, 0.25) is 0 Å². The van der Waals surface area contributed by atoms with Crippen LogP contribution in [0.5, 0.6) is 0 Å². The Kier molecular flexibility index (Phi) is 1.74. The Morgan fingerprint density at radius 2 is 2.07 bits per heavy atom. The van der Waals surface area contributed by atoms with Gasteiger partial charge < -0.3 is 10.3 Å². The maximum Gasteiger partial charge on any atom is 0.119 e. The molecule has 0 radical (unpaired) electrons. The summed E-state index contributed by atoms with van der Waals surface area (Å²) in [5, 5.41) is 7.69. The van der Waals surface area contributed by atoms with Crippen molar-refractivity contribution in [1.82, 2.24) is 14.8 Å². The summed E-state index contributed by atoms with van der Waals surface area (Å²) in [5.41, 5.74) is 9.32. The molecule has 0 aliphatic heterocycles. The fourth-order valence-corrected chi connectivity index (χ4v) is 2.29. The molecule has 4 nitrogen and oxygen atoms in total. The van der Waals surface area contributed by atoms with Gasteiger partial charge in [-0.25, -0.2) is 0 Å². The molecule has 1 aliphatic rings. The Hall–Kier alpha value is -1.84. The molecule has 1 unspecified atom stereocenters. The molecule has 4 heteroatoms. The number of nitrogens with zero attached hydrogens (tertiary/aromatic N) is 3. The van der Waals surface area contributed by atoms with E-state index in [1.807, 2.05) is 6.07 Å². The van der Waals surface area contributed by atoms with Gasteiger partial charge in [-0.15, -0.1) is 10.2 Å². The Morgan fingerprint density at radius 3 is 2.87 bits per heavy atom. The number of aryl methyl sites for hydroxylation is 1. The number of hydrogen-bond donors (Lipinski definition) is 1. The zero-order chi connectivity index (χ0) is 10.3. The zero-order valence-corrected chi connectivity index (χ0v) is 8.30. The second-order valence-electron chi connectivity index (χ2n) is 3.92. The van der Waals surface area contributed by atoms with Crippen molar-refractivity contribution in [3.63, 3.8) is 0 Å². The van der Waals surface area contributed by atoms with Gasteiger partial charge in [0.1, 0.15) is 12.7 Å². The highest BCUT2D eigenvalue weighted by molar-refractivity contribution is 5.47. The lowest BCUT2D eigenvalue weighted by Crippen LogP contribution is -2.04. The highest BCUT2D eigenvalue weighted by Gasteiger charge is 2.23. The maximum atomic E-state index is 5.76. The largest absolute Gasteiger partial charge is 0.399 e. The number of aromatic nitrogens is 3. The van der Waals surface area contributed by atoms with Gasteiger partial charge in [-0.1, -0.05) is 6.07 Å². The lowest BCUT2D eigenvalue weighted by molar-refractivity contribution is 0.578. The number of fused-ring (bicyclic) bond motifs is 1. The molecule has 1 aromatic carbocycles. The van der Waals surface area contributed by atoms with Crippen LogP contribution in [0.15, 0.2) is 30.9 Å². The van der Waals surface area contributed by atoms with E-state index in [0.717, 1.165) is 18.5 Å². The highest BCUT2D eigenvalue weighted by Crippen LogP contribution is 2.34. The van der Waals surface area contributed by atoms with Crippen molar-refractivity contribution in [2.75, 3.05) is 5.73 Å². The normalized spacial score (nSPS) is 19.1. The molecule has 0 spiro atoms. The van der Waals surface area contributed by atoms with Crippen LogP contribution in [0.1, 0.15) is 23.6 Å². The number of nitrogen functional groups attached to an aromatic ring is 1. The average Bonchev–Trinajstić information content (AvgIpc) is 2.82. The first-order valence-corrected chi connectivity index (χ1v) is 5.07. The van der Waals surface area contributed by atoms with E-state index < -0.39 is 0 Å². The first-order chi connectivity index (χ1) is 7.34. The molecule has 1 heterocycles. The molecule has 15 heavy (non-hydrogen) atoms. The van der Waals surface area contributed by atoms with E-state index in [2.05, 4.69) is 26.9 Å². The molecule has 0 saturated heterocycles. The monoisotopic (exact) mass is 200 g/mol. The number of nitrogens with two attached hydrogens (primary N) is 1. The minimum Gasteiger partial charge on any atom is -0.399 e. The van der Waals surface area contributed by atoms with Crippen molar-refractivity contribution in [1.29, 1.82) is 0 Å². The predicted octanol–water partition coefficient (Wildman–Crippen LogP) is 1.40. The Labute approximate surface area is 87.7 Å². The molecular formula is C11H12N4. The van der Waals surface area contributed by atoms with E-state index in [0.29, 0.717) is 6.04 Å². The van der Waals surface area contributed by atoms with Crippen LogP contribution in [0.4, 0.5) is 5.69 Å². The van der Waals surface area contributed by atoms with E-state index in [1.54, 1.807) is 12.7 Å². The quantitative estimate of drug-likeness (QED) is 0.708. The van der Waals surface area contributed by atoms with Crippen molar-refractivity contribution < 1.29 is 0 Å². The molecule has 2 aromatic rings. The van der Waals surface area contributed by atoms with Gasteiger partial charge in [0.25, 0.3) is 0 Å². The van der Waals surface area contributed by atoms with Crippen LogP contribution in [-0.4, -0.2) is 14.8 Å². The molecule has 1 aliphatic carbocycles. The summed E-state index contributed by atoms with van der Waals surface area (Å²) in [6.45, 7) is 0. The van der Waals surface area contributed by atoms with Gasteiger partial charge in [-0.2, -0.15) is 0 Å². The van der Waals surface area contributed by atoms with Crippen molar-refractivity contribution >= 4 is 5.69 Å². The van der Waals surface area contributed by atoms with Crippen LogP contribution < -0.4 is 5.73 Å². The summed E-state index contributed by atoms with van der Waals surface area (Å²) in [6, 6.07) is 6.53. The third kappa shape index (κ3) is 1.29. The van der Waals surface area contributed by atoms with E-state index in [-0.39, 0.29) is 0 Å². The van der Waals surface area contributed by atoms with Gasteiger partial charge in [-0.3, -0.25) is 0 Å². The summed E-state index contributed by atoms with van der Waals surface area (Å²) in [4.78, 5) is 0. The van der Waals surface area contributed by atoms with Gasteiger partial charge in [-0.05, 0) is 36.1 Å². The van der Waals surface area contributed by atoms with Crippen LogP contribution >= 0.6 is 0 Å². The number of rotatable bonds is 1. The van der Waals surface area contributed by atoms with Crippen LogP contribution in [0, 0.1) is 0 Å². The third-order valence-electron chi connectivity index (χ3n) is 3.01. The minimum atomic E-state index is 0.385.